The SMILES string of the molecule is O=C(CN1CC(CO)=CCC(NC(=O)c2ccc3ccccc3c2)C1=O)NC1CC(=O)OC1O. The molecule has 0 aromatic heterocycles. The van der Waals surface area contributed by atoms with E-state index in [1.165, 1.54) is 4.90 Å². The zero-order valence-electron chi connectivity index (χ0n) is 18.3. The Morgan fingerprint density at radius 2 is 1.85 bits per heavy atom. The molecule has 2 heterocycles. The van der Waals surface area contributed by atoms with Crippen LogP contribution in [0.1, 0.15) is 23.2 Å². The Morgan fingerprint density at radius 3 is 2.56 bits per heavy atom. The first-order valence-corrected chi connectivity index (χ1v) is 10.9. The summed E-state index contributed by atoms with van der Waals surface area (Å²) in [5, 5.41) is 26.4. The summed E-state index contributed by atoms with van der Waals surface area (Å²) < 4.78 is 4.60. The van der Waals surface area contributed by atoms with Crippen LogP contribution in [0.15, 0.2) is 54.1 Å². The Hall–Kier alpha value is -3.76. The van der Waals surface area contributed by atoms with Crippen LogP contribution in [0, 0.1) is 0 Å². The quantitative estimate of drug-likeness (QED) is 0.341. The standard InChI is InChI=1S/C24H25N3O7/c28-13-14-5-8-18(26-22(31)17-7-6-15-3-1-2-4-16(15)9-17)23(32)27(11-14)12-20(29)25-19-10-21(30)34-24(19)33/h1-7,9,18-19,24,28,33H,8,10-13H2,(H,25,29)(H,26,31). The van der Waals surface area contributed by atoms with Gasteiger partial charge in [0.2, 0.25) is 18.1 Å². The lowest BCUT2D eigenvalue weighted by Crippen LogP contribution is -2.52. The molecule has 4 rings (SSSR count). The van der Waals surface area contributed by atoms with Crippen LogP contribution in [-0.2, 0) is 19.1 Å². The number of amides is 3. The maximum Gasteiger partial charge on any atom is 0.310 e. The van der Waals surface area contributed by atoms with Crippen LogP contribution in [0.25, 0.3) is 10.8 Å². The second kappa shape index (κ2) is 10.0. The fraction of sp³-hybridized carbons (Fsp3) is 0.333. The van der Waals surface area contributed by atoms with Gasteiger partial charge in [0.05, 0.1) is 19.6 Å². The van der Waals surface area contributed by atoms with Crippen LogP contribution in [0.3, 0.4) is 0 Å². The summed E-state index contributed by atoms with van der Waals surface area (Å²) >= 11 is 0. The van der Waals surface area contributed by atoms with Crippen molar-refractivity contribution in [2.24, 2.45) is 0 Å². The number of nitrogens with one attached hydrogen (secondary N) is 2. The highest BCUT2D eigenvalue weighted by atomic mass is 16.6. The van der Waals surface area contributed by atoms with Gasteiger partial charge < -0.3 is 30.5 Å². The van der Waals surface area contributed by atoms with Gasteiger partial charge in [0.15, 0.2) is 0 Å². The lowest BCUT2D eigenvalue weighted by Gasteiger charge is -2.26. The fourth-order valence-corrected chi connectivity index (χ4v) is 4.03. The zero-order valence-corrected chi connectivity index (χ0v) is 18.3. The van der Waals surface area contributed by atoms with Gasteiger partial charge in [0.1, 0.15) is 12.1 Å². The number of carbonyl (C=O) groups excluding carboxylic acids is 4. The molecule has 2 aliphatic rings. The summed E-state index contributed by atoms with van der Waals surface area (Å²) in [7, 11) is 0. The molecule has 34 heavy (non-hydrogen) atoms. The smallest absolute Gasteiger partial charge is 0.310 e. The average molecular weight is 467 g/mol. The minimum absolute atomic E-state index is 0.00769. The molecule has 0 spiro atoms. The lowest BCUT2D eigenvalue weighted by molar-refractivity contribution is -0.155. The first kappa shape index (κ1) is 23.4. The third-order valence-corrected chi connectivity index (χ3v) is 5.83. The minimum atomic E-state index is -1.45. The molecular formula is C24H25N3O7. The Morgan fingerprint density at radius 1 is 1.09 bits per heavy atom. The largest absolute Gasteiger partial charge is 0.434 e. The Balaban J connectivity index is 1.45. The van der Waals surface area contributed by atoms with E-state index in [2.05, 4.69) is 15.4 Å². The second-order valence-corrected chi connectivity index (χ2v) is 8.30. The molecule has 2 aliphatic heterocycles. The highest BCUT2D eigenvalue weighted by Crippen LogP contribution is 2.18. The zero-order chi connectivity index (χ0) is 24.2. The number of nitrogens with zero attached hydrogens (tertiary/aromatic N) is 1. The molecule has 10 heteroatoms. The molecule has 1 fully saturated rings. The first-order chi connectivity index (χ1) is 16.3. The van der Waals surface area contributed by atoms with Crippen LogP contribution in [0.5, 0.6) is 0 Å². The van der Waals surface area contributed by atoms with Crippen molar-refractivity contribution in [2.45, 2.75) is 31.2 Å². The molecule has 4 N–H and O–H groups in total. The van der Waals surface area contributed by atoms with E-state index in [1.807, 2.05) is 30.3 Å². The summed E-state index contributed by atoms with van der Waals surface area (Å²) in [6.07, 6.45) is 0.218. The number of cyclic esters (lactones) is 1. The summed E-state index contributed by atoms with van der Waals surface area (Å²) in [4.78, 5) is 51.0. The molecule has 3 unspecified atom stereocenters. The number of aliphatic hydroxyl groups excluding tert-OH is 2. The average Bonchev–Trinajstić information content (AvgIpc) is 3.06. The van der Waals surface area contributed by atoms with Gasteiger partial charge in [-0.15, -0.1) is 0 Å². The maximum absolute atomic E-state index is 13.2. The van der Waals surface area contributed by atoms with E-state index in [-0.39, 0.29) is 32.5 Å². The summed E-state index contributed by atoms with van der Waals surface area (Å²) in [5.41, 5.74) is 0.925. The number of carbonyl (C=O) groups is 4. The van der Waals surface area contributed by atoms with Gasteiger partial charge in [-0.25, -0.2) is 0 Å². The van der Waals surface area contributed by atoms with Gasteiger partial charge in [-0.2, -0.15) is 0 Å². The van der Waals surface area contributed by atoms with Crippen LogP contribution in [0.4, 0.5) is 0 Å². The number of ether oxygens (including phenoxy) is 1. The van der Waals surface area contributed by atoms with E-state index >= 15 is 0 Å². The topological polar surface area (TPSA) is 145 Å². The van der Waals surface area contributed by atoms with E-state index in [1.54, 1.807) is 18.2 Å². The molecule has 3 atom stereocenters. The van der Waals surface area contributed by atoms with E-state index in [9.17, 15) is 29.4 Å². The normalized spacial score (nSPS) is 22.7. The van der Waals surface area contributed by atoms with Crippen molar-refractivity contribution in [1.82, 2.24) is 15.5 Å². The third kappa shape index (κ3) is 5.24. The Bertz CT molecular complexity index is 1160. The van der Waals surface area contributed by atoms with Crippen LogP contribution in [-0.4, -0.2) is 76.9 Å². The minimum Gasteiger partial charge on any atom is -0.434 e. The number of aliphatic hydroxyl groups is 2. The number of benzene rings is 2. The third-order valence-electron chi connectivity index (χ3n) is 5.83. The van der Waals surface area contributed by atoms with Crippen molar-refractivity contribution >= 4 is 34.5 Å². The van der Waals surface area contributed by atoms with Gasteiger partial charge in [-0.1, -0.05) is 36.4 Å². The summed E-state index contributed by atoms with van der Waals surface area (Å²) in [5.74, 6) is -2.15. The first-order valence-electron chi connectivity index (χ1n) is 10.9. The molecule has 0 saturated carbocycles. The van der Waals surface area contributed by atoms with Gasteiger partial charge in [-0.05, 0) is 34.9 Å². The van der Waals surface area contributed by atoms with Crippen LogP contribution >= 0.6 is 0 Å². The molecule has 2 aromatic rings. The molecule has 3 amide bonds. The monoisotopic (exact) mass is 467 g/mol. The molecule has 1 saturated heterocycles. The van der Waals surface area contributed by atoms with Gasteiger partial charge in [0, 0.05) is 12.1 Å². The number of esters is 1. The number of hydrogen-bond acceptors (Lipinski definition) is 7. The second-order valence-electron chi connectivity index (χ2n) is 8.30. The van der Waals surface area contributed by atoms with Crippen molar-refractivity contribution in [3.8, 4) is 0 Å². The van der Waals surface area contributed by atoms with Gasteiger partial charge >= 0.3 is 5.97 Å². The molecule has 178 valence electrons. The van der Waals surface area contributed by atoms with Crippen LogP contribution in [0.2, 0.25) is 0 Å². The van der Waals surface area contributed by atoms with E-state index in [0.717, 1.165) is 10.8 Å². The van der Waals surface area contributed by atoms with Crippen molar-refractivity contribution in [2.75, 3.05) is 19.7 Å². The van der Waals surface area contributed by atoms with Crippen molar-refractivity contribution in [3.63, 3.8) is 0 Å². The van der Waals surface area contributed by atoms with Crippen molar-refractivity contribution < 1.29 is 34.1 Å². The molecule has 10 nitrogen and oxygen atoms in total. The van der Waals surface area contributed by atoms with Crippen molar-refractivity contribution in [3.05, 3.63) is 59.7 Å². The summed E-state index contributed by atoms with van der Waals surface area (Å²) in [6, 6.07) is 11.0. The predicted molar refractivity (Wildman–Crippen MR) is 120 cm³/mol. The lowest BCUT2D eigenvalue weighted by atomic mass is 10.1. The highest BCUT2D eigenvalue weighted by molar-refractivity contribution is 6.01. The maximum atomic E-state index is 13.2. The molecule has 2 aromatic carbocycles. The van der Waals surface area contributed by atoms with E-state index < -0.39 is 42.1 Å². The molecule has 0 aliphatic carbocycles. The Labute approximate surface area is 195 Å². The van der Waals surface area contributed by atoms with E-state index in [0.29, 0.717) is 11.1 Å². The predicted octanol–water partition coefficient (Wildman–Crippen LogP) is -0.161. The van der Waals surface area contributed by atoms with Crippen LogP contribution < -0.4 is 10.6 Å². The van der Waals surface area contributed by atoms with E-state index in [4.69, 9.17) is 0 Å². The highest BCUT2D eigenvalue weighted by Gasteiger charge is 2.36. The summed E-state index contributed by atoms with van der Waals surface area (Å²) in [6.45, 7) is -0.676. The fourth-order valence-electron chi connectivity index (χ4n) is 4.03. The molecular weight excluding hydrogens is 442 g/mol. The van der Waals surface area contributed by atoms with Crippen molar-refractivity contribution in [1.29, 1.82) is 0 Å². The van der Waals surface area contributed by atoms with Gasteiger partial charge in [0.25, 0.3) is 5.91 Å². The molecule has 0 radical (unpaired) electrons. The number of rotatable bonds is 6. The Kier molecular flexibility index (Phi) is 6.90. The number of fused-ring (bicyclic) bond motifs is 1. The van der Waals surface area contributed by atoms with Gasteiger partial charge in [-0.3, -0.25) is 19.2 Å². The number of hydrogen-bond donors (Lipinski definition) is 4. The molecule has 0 bridgehead atoms.